The zero-order valence-corrected chi connectivity index (χ0v) is 20.7. The van der Waals surface area contributed by atoms with Crippen molar-refractivity contribution in [2.24, 2.45) is 5.92 Å². The number of para-hydroxylation sites is 1. The third kappa shape index (κ3) is 5.28. The summed E-state index contributed by atoms with van der Waals surface area (Å²) >= 11 is 6.39. The minimum atomic E-state index is -0.238. The van der Waals surface area contributed by atoms with E-state index in [0.717, 1.165) is 53.5 Å². The number of amides is 1. The first kappa shape index (κ1) is 23.6. The van der Waals surface area contributed by atoms with Crippen LogP contribution >= 0.6 is 11.6 Å². The second kappa shape index (κ2) is 10.2. The number of hydrogen-bond acceptors (Lipinski definition) is 1. The highest BCUT2D eigenvalue weighted by Gasteiger charge is 2.27. The van der Waals surface area contributed by atoms with Gasteiger partial charge in [0, 0.05) is 54.1 Å². The molecule has 5 rings (SSSR count). The number of aromatic nitrogens is 1. The Balaban J connectivity index is 1.54. The molecule has 5 heteroatoms. The van der Waals surface area contributed by atoms with Crippen molar-refractivity contribution >= 4 is 28.4 Å². The average molecular weight is 489 g/mol. The van der Waals surface area contributed by atoms with E-state index in [1.54, 1.807) is 0 Å². The van der Waals surface area contributed by atoms with Crippen molar-refractivity contribution in [2.45, 2.75) is 38.6 Å². The van der Waals surface area contributed by atoms with Gasteiger partial charge in [0.25, 0.3) is 0 Å². The highest BCUT2D eigenvalue weighted by molar-refractivity contribution is 6.30. The van der Waals surface area contributed by atoms with Crippen LogP contribution < -0.4 is 0 Å². The number of rotatable bonds is 6. The minimum absolute atomic E-state index is 0.111. The van der Waals surface area contributed by atoms with Crippen LogP contribution in [0, 0.1) is 11.7 Å². The fraction of sp³-hybridized carbons (Fsp3) is 0.300. The Morgan fingerprint density at radius 2 is 1.77 bits per heavy atom. The van der Waals surface area contributed by atoms with Crippen LogP contribution in [0.3, 0.4) is 0 Å². The van der Waals surface area contributed by atoms with E-state index in [1.165, 1.54) is 12.1 Å². The lowest BCUT2D eigenvalue weighted by atomic mass is 9.87. The lowest BCUT2D eigenvalue weighted by Gasteiger charge is -2.31. The third-order valence-electron chi connectivity index (χ3n) is 7.23. The van der Waals surface area contributed by atoms with Crippen molar-refractivity contribution in [3.63, 3.8) is 0 Å². The number of likely N-dealkylation sites (tertiary alicyclic amines) is 1. The molecule has 35 heavy (non-hydrogen) atoms. The van der Waals surface area contributed by atoms with Crippen molar-refractivity contribution in [3.8, 4) is 0 Å². The Morgan fingerprint density at radius 1 is 1.03 bits per heavy atom. The molecule has 3 aromatic carbocycles. The minimum Gasteiger partial charge on any atom is -0.343 e. The molecule has 1 fully saturated rings. The van der Waals surface area contributed by atoms with Crippen LogP contribution in [0.25, 0.3) is 10.9 Å². The van der Waals surface area contributed by atoms with E-state index >= 15 is 0 Å². The van der Waals surface area contributed by atoms with Gasteiger partial charge in [0.1, 0.15) is 5.82 Å². The quantitative estimate of drug-likeness (QED) is 0.280. The highest BCUT2D eigenvalue weighted by atomic mass is 35.5. The summed E-state index contributed by atoms with van der Waals surface area (Å²) in [6.45, 7) is 4.54. The summed E-state index contributed by atoms with van der Waals surface area (Å²) in [4.78, 5) is 15.5. The predicted octanol–water partition coefficient (Wildman–Crippen LogP) is 7.26. The molecule has 0 radical (unpaired) electrons. The summed E-state index contributed by atoms with van der Waals surface area (Å²) in [5, 5.41) is 1.79. The summed E-state index contributed by atoms with van der Waals surface area (Å²) in [6, 6.07) is 22.8. The van der Waals surface area contributed by atoms with Gasteiger partial charge in [0.2, 0.25) is 5.91 Å². The number of hydrogen-bond donors (Lipinski definition) is 0. The second-order valence-electron chi connectivity index (χ2n) is 9.73. The Bertz CT molecular complexity index is 1320. The Kier molecular flexibility index (Phi) is 6.92. The van der Waals surface area contributed by atoms with Gasteiger partial charge in [0.15, 0.2) is 0 Å². The summed E-state index contributed by atoms with van der Waals surface area (Å²) < 4.78 is 15.6. The zero-order valence-electron chi connectivity index (χ0n) is 20.0. The number of halogens is 2. The average Bonchev–Trinajstić information content (AvgIpc) is 3.22. The largest absolute Gasteiger partial charge is 0.343 e. The smallest absolute Gasteiger partial charge is 0.223 e. The molecular formula is C30H30ClFN2O. The third-order valence-corrected chi connectivity index (χ3v) is 7.46. The van der Waals surface area contributed by atoms with Gasteiger partial charge in [-0.3, -0.25) is 4.79 Å². The molecule has 180 valence electrons. The van der Waals surface area contributed by atoms with Crippen molar-refractivity contribution in [1.82, 2.24) is 9.47 Å². The Labute approximate surface area is 211 Å². The molecule has 0 bridgehead atoms. The van der Waals surface area contributed by atoms with Crippen LogP contribution in [0.1, 0.15) is 48.8 Å². The molecular weight excluding hydrogens is 459 g/mol. The van der Waals surface area contributed by atoms with E-state index in [-0.39, 0.29) is 17.6 Å². The molecule has 2 heterocycles. The molecule has 1 atom stereocenters. The molecule has 1 aliphatic heterocycles. The number of carbonyl (C=O) groups is 1. The van der Waals surface area contributed by atoms with E-state index in [1.807, 2.05) is 47.4 Å². The first-order chi connectivity index (χ1) is 17.0. The van der Waals surface area contributed by atoms with E-state index < -0.39 is 0 Å². The van der Waals surface area contributed by atoms with E-state index in [4.69, 9.17) is 11.6 Å². The maximum atomic E-state index is 13.5. The lowest BCUT2D eigenvalue weighted by molar-refractivity contribution is -0.132. The number of piperidine rings is 1. The first-order valence-corrected chi connectivity index (χ1v) is 12.7. The molecule has 0 saturated carbocycles. The van der Waals surface area contributed by atoms with E-state index in [9.17, 15) is 9.18 Å². The summed E-state index contributed by atoms with van der Waals surface area (Å²) in [5.74, 6) is 0.516. The van der Waals surface area contributed by atoms with Crippen LogP contribution in [-0.2, 0) is 11.3 Å². The number of benzene rings is 3. The SMILES string of the molecule is CC1CCN(C(=O)CC(c2cccc(Cl)c2)c2cn(Cc3ccc(F)cc3)c3ccccc23)CC1. The summed E-state index contributed by atoms with van der Waals surface area (Å²) in [5.41, 5.74) is 4.28. The van der Waals surface area contributed by atoms with Gasteiger partial charge < -0.3 is 9.47 Å². The molecule has 0 N–H and O–H groups in total. The van der Waals surface area contributed by atoms with Gasteiger partial charge in [-0.25, -0.2) is 4.39 Å². The topological polar surface area (TPSA) is 25.2 Å². The van der Waals surface area contributed by atoms with Gasteiger partial charge in [-0.05, 0) is 65.8 Å². The van der Waals surface area contributed by atoms with Gasteiger partial charge in [-0.15, -0.1) is 0 Å². The van der Waals surface area contributed by atoms with Crippen LogP contribution in [-0.4, -0.2) is 28.5 Å². The molecule has 4 aromatic rings. The molecule has 1 aromatic heterocycles. The first-order valence-electron chi connectivity index (χ1n) is 12.3. The predicted molar refractivity (Wildman–Crippen MR) is 140 cm³/mol. The molecule has 3 nitrogen and oxygen atoms in total. The molecule has 1 unspecified atom stereocenters. The van der Waals surface area contributed by atoms with Crippen LogP contribution in [0.5, 0.6) is 0 Å². The zero-order chi connectivity index (χ0) is 24.4. The fourth-order valence-corrected chi connectivity index (χ4v) is 5.36. The van der Waals surface area contributed by atoms with Crippen LogP contribution in [0.4, 0.5) is 4.39 Å². The Morgan fingerprint density at radius 3 is 2.51 bits per heavy atom. The van der Waals surface area contributed by atoms with Crippen LogP contribution in [0.15, 0.2) is 79.0 Å². The van der Waals surface area contributed by atoms with Crippen LogP contribution in [0.2, 0.25) is 5.02 Å². The second-order valence-corrected chi connectivity index (χ2v) is 10.2. The van der Waals surface area contributed by atoms with E-state index in [0.29, 0.717) is 23.9 Å². The molecule has 1 saturated heterocycles. The van der Waals surface area contributed by atoms with Gasteiger partial charge in [-0.2, -0.15) is 0 Å². The van der Waals surface area contributed by atoms with Gasteiger partial charge in [0.05, 0.1) is 0 Å². The number of fused-ring (bicyclic) bond motifs is 1. The number of nitrogens with zero attached hydrogens (tertiary/aromatic N) is 2. The van der Waals surface area contributed by atoms with Crippen molar-refractivity contribution in [1.29, 1.82) is 0 Å². The lowest BCUT2D eigenvalue weighted by Crippen LogP contribution is -2.38. The van der Waals surface area contributed by atoms with Crippen molar-refractivity contribution < 1.29 is 9.18 Å². The monoisotopic (exact) mass is 488 g/mol. The molecule has 1 amide bonds. The van der Waals surface area contributed by atoms with E-state index in [2.05, 4.69) is 35.9 Å². The number of carbonyl (C=O) groups excluding carboxylic acids is 1. The summed E-state index contributed by atoms with van der Waals surface area (Å²) in [6.07, 6.45) is 4.68. The van der Waals surface area contributed by atoms with Crippen molar-refractivity contribution in [3.05, 3.63) is 107 Å². The summed E-state index contributed by atoms with van der Waals surface area (Å²) in [7, 11) is 0. The van der Waals surface area contributed by atoms with Gasteiger partial charge in [-0.1, -0.05) is 61.0 Å². The molecule has 1 aliphatic rings. The maximum absolute atomic E-state index is 13.5. The Hall–Kier alpha value is -3.11. The normalized spacial score (nSPS) is 15.5. The highest BCUT2D eigenvalue weighted by Crippen LogP contribution is 2.36. The fourth-order valence-electron chi connectivity index (χ4n) is 5.16. The van der Waals surface area contributed by atoms with Crippen molar-refractivity contribution in [2.75, 3.05) is 13.1 Å². The van der Waals surface area contributed by atoms with Gasteiger partial charge >= 0.3 is 0 Å². The maximum Gasteiger partial charge on any atom is 0.223 e. The molecule has 0 spiro atoms. The molecule has 0 aliphatic carbocycles. The standard InChI is InChI=1S/C30H30ClFN2O/c1-21-13-15-33(16-14-21)30(35)18-27(23-5-4-6-24(31)17-23)28-20-34(29-8-3-2-7-26(28)29)19-22-9-11-25(32)12-10-22/h2-12,17,20-21,27H,13-16,18-19H2,1H3.